The molecule has 3 amide bonds. The first-order chi connectivity index (χ1) is 22.4. The number of hydrogen-bond acceptors (Lipinski definition) is 7. The van der Waals surface area contributed by atoms with E-state index in [-0.39, 0.29) is 48.1 Å². The van der Waals surface area contributed by atoms with E-state index in [2.05, 4.69) is 15.7 Å². The summed E-state index contributed by atoms with van der Waals surface area (Å²) in [7, 11) is 2.83. The summed E-state index contributed by atoms with van der Waals surface area (Å²) in [5.74, 6) is -1.25. The molecule has 0 spiro atoms. The zero-order valence-electron chi connectivity index (χ0n) is 26.7. The van der Waals surface area contributed by atoms with Gasteiger partial charge in [-0.2, -0.15) is 5.10 Å². The SMILES string of the molecule is CON(C)C(=O)c1cc(C(=O)N[C@H]2CCCC[C@@H]2OCc2ccccc2)n(CC(=O)N[C@H]2CCCCC2OCc2ccccc2)n1. The molecule has 2 aliphatic rings. The van der Waals surface area contributed by atoms with Gasteiger partial charge < -0.3 is 20.1 Å². The Bertz CT molecular complexity index is 1430. The molecule has 1 heterocycles. The molecule has 0 bridgehead atoms. The van der Waals surface area contributed by atoms with E-state index in [9.17, 15) is 14.4 Å². The maximum Gasteiger partial charge on any atom is 0.297 e. The number of hydrogen-bond donors (Lipinski definition) is 2. The summed E-state index contributed by atoms with van der Waals surface area (Å²) in [4.78, 5) is 45.1. The number of nitrogens with zero attached hydrogens (tertiary/aromatic N) is 3. The minimum atomic E-state index is -0.529. The monoisotopic (exact) mass is 631 g/mol. The number of benzene rings is 2. The van der Waals surface area contributed by atoms with Gasteiger partial charge in [0.1, 0.15) is 12.2 Å². The van der Waals surface area contributed by atoms with Crippen molar-refractivity contribution in [3.05, 3.63) is 89.2 Å². The van der Waals surface area contributed by atoms with Crippen LogP contribution in [0.25, 0.3) is 0 Å². The third kappa shape index (κ3) is 9.02. The second-order valence-electron chi connectivity index (χ2n) is 12.1. The normalized spacial score (nSPS) is 21.3. The minimum Gasteiger partial charge on any atom is -0.371 e. The second-order valence-corrected chi connectivity index (χ2v) is 12.1. The van der Waals surface area contributed by atoms with E-state index in [0.29, 0.717) is 13.2 Å². The molecule has 46 heavy (non-hydrogen) atoms. The lowest BCUT2D eigenvalue weighted by molar-refractivity contribution is -0.124. The number of carbonyl (C=O) groups excluding carboxylic acids is 3. The molecule has 2 saturated carbocycles. The lowest BCUT2D eigenvalue weighted by Gasteiger charge is -2.32. The Morgan fingerprint density at radius 1 is 0.804 bits per heavy atom. The van der Waals surface area contributed by atoms with Crippen molar-refractivity contribution in [2.24, 2.45) is 0 Å². The Morgan fingerprint density at radius 3 is 1.87 bits per heavy atom. The molecule has 2 aromatic carbocycles. The zero-order valence-corrected chi connectivity index (χ0v) is 26.7. The van der Waals surface area contributed by atoms with Crippen LogP contribution in [0.2, 0.25) is 0 Å². The van der Waals surface area contributed by atoms with Crippen molar-refractivity contribution in [1.29, 1.82) is 0 Å². The van der Waals surface area contributed by atoms with Crippen LogP contribution in [0.5, 0.6) is 0 Å². The van der Waals surface area contributed by atoms with Gasteiger partial charge in [-0.25, -0.2) is 9.75 Å². The molecule has 5 rings (SSSR count). The van der Waals surface area contributed by atoms with Crippen molar-refractivity contribution in [3.63, 3.8) is 0 Å². The van der Waals surface area contributed by atoms with Gasteiger partial charge in [0.15, 0.2) is 5.69 Å². The predicted molar refractivity (Wildman–Crippen MR) is 171 cm³/mol. The van der Waals surface area contributed by atoms with Crippen LogP contribution in [-0.2, 0) is 38.9 Å². The van der Waals surface area contributed by atoms with Gasteiger partial charge in [0.2, 0.25) is 5.91 Å². The number of nitrogens with one attached hydrogen (secondary N) is 2. The maximum absolute atomic E-state index is 13.7. The lowest BCUT2D eigenvalue weighted by Crippen LogP contribution is -2.48. The van der Waals surface area contributed by atoms with Crippen LogP contribution in [0.4, 0.5) is 0 Å². The molecular formula is C35H45N5O6. The summed E-state index contributed by atoms with van der Waals surface area (Å²) in [6.45, 7) is 0.694. The van der Waals surface area contributed by atoms with E-state index in [1.807, 2.05) is 60.7 Å². The highest BCUT2D eigenvalue weighted by molar-refractivity contribution is 5.98. The fraction of sp³-hybridized carbons (Fsp3) is 0.486. The smallest absolute Gasteiger partial charge is 0.297 e. The molecular weight excluding hydrogens is 586 g/mol. The Hall–Kier alpha value is -4.06. The molecule has 3 aromatic rings. The molecule has 0 radical (unpaired) electrons. The first-order valence-corrected chi connectivity index (χ1v) is 16.2. The van der Waals surface area contributed by atoms with Gasteiger partial charge in [-0.15, -0.1) is 0 Å². The summed E-state index contributed by atoms with van der Waals surface area (Å²) in [6, 6.07) is 20.9. The molecule has 11 heteroatoms. The largest absolute Gasteiger partial charge is 0.371 e. The highest BCUT2D eigenvalue weighted by atomic mass is 16.7. The summed E-state index contributed by atoms with van der Waals surface area (Å²) < 4.78 is 13.8. The number of rotatable bonds is 13. The number of aromatic nitrogens is 2. The number of carbonyl (C=O) groups is 3. The van der Waals surface area contributed by atoms with Gasteiger partial charge in [-0.05, 0) is 36.8 Å². The third-order valence-corrected chi connectivity index (χ3v) is 8.77. The molecule has 2 aliphatic carbocycles. The molecule has 11 nitrogen and oxygen atoms in total. The fourth-order valence-electron chi connectivity index (χ4n) is 6.18. The molecule has 1 aromatic heterocycles. The van der Waals surface area contributed by atoms with Crippen LogP contribution in [0.1, 0.15) is 83.5 Å². The van der Waals surface area contributed by atoms with Gasteiger partial charge in [-0.3, -0.25) is 19.2 Å². The molecule has 2 N–H and O–H groups in total. The van der Waals surface area contributed by atoms with E-state index in [0.717, 1.165) is 67.6 Å². The lowest BCUT2D eigenvalue weighted by atomic mass is 9.92. The van der Waals surface area contributed by atoms with Gasteiger partial charge in [0, 0.05) is 13.1 Å². The minimum absolute atomic E-state index is 0.00422. The molecule has 2 fully saturated rings. The third-order valence-electron chi connectivity index (χ3n) is 8.77. The predicted octanol–water partition coefficient (Wildman–Crippen LogP) is 4.42. The highest BCUT2D eigenvalue weighted by Gasteiger charge is 2.31. The topological polar surface area (TPSA) is 124 Å². The van der Waals surface area contributed by atoms with E-state index in [1.165, 1.54) is 24.9 Å². The average Bonchev–Trinajstić information content (AvgIpc) is 3.51. The van der Waals surface area contributed by atoms with Gasteiger partial charge in [0.05, 0.1) is 44.6 Å². The summed E-state index contributed by atoms with van der Waals surface area (Å²) in [6.07, 6.45) is 6.98. The maximum atomic E-state index is 13.7. The zero-order chi connectivity index (χ0) is 32.3. The summed E-state index contributed by atoms with van der Waals surface area (Å²) >= 11 is 0. The first kappa shape index (κ1) is 33.3. The van der Waals surface area contributed by atoms with E-state index in [4.69, 9.17) is 14.3 Å². The molecule has 4 atom stereocenters. The molecule has 0 saturated heterocycles. The van der Waals surface area contributed by atoms with Gasteiger partial charge >= 0.3 is 0 Å². The van der Waals surface area contributed by atoms with Crippen LogP contribution < -0.4 is 10.6 Å². The first-order valence-electron chi connectivity index (χ1n) is 16.2. The Labute approximate surface area is 270 Å². The van der Waals surface area contributed by atoms with Crippen LogP contribution in [-0.4, -0.2) is 71.0 Å². The van der Waals surface area contributed by atoms with Crippen molar-refractivity contribution in [1.82, 2.24) is 25.5 Å². The van der Waals surface area contributed by atoms with E-state index >= 15 is 0 Å². The number of amides is 3. The standard InChI is InChI=1S/C35H45N5O6/c1-39(44-2)35(43)29-21-30(34(42)37-28-18-10-12-20-32(28)46-24-26-15-7-4-8-16-26)40(38-29)22-33(41)36-27-17-9-11-19-31(27)45-23-25-13-5-3-6-14-25/h3-8,13-16,21,27-28,31-32H,9-12,17-20,22-24H2,1-2H3,(H,36,41)(H,37,42)/t27-,28-,31?,32-/m0/s1. The van der Waals surface area contributed by atoms with Gasteiger partial charge in [-0.1, -0.05) is 86.3 Å². The number of ether oxygens (including phenoxy) is 2. The van der Waals surface area contributed by atoms with Crippen molar-refractivity contribution in [3.8, 4) is 0 Å². The Balaban J connectivity index is 1.27. The average molecular weight is 632 g/mol. The van der Waals surface area contributed by atoms with Gasteiger partial charge in [0.25, 0.3) is 11.8 Å². The van der Waals surface area contributed by atoms with E-state index < -0.39 is 11.8 Å². The number of hydroxylamine groups is 2. The van der Waals surface area contributed by atoms with Crippen LogP contribution in [0.3, 0.4) is 0 Å². The van der Waals surface area contributed by atoms with Crippen LogP contribution >= 0.6 is 0 Å². The quantitative estimate of drug-likeness (QED) is 0.268. The van der Waals surface area contributed by atoms with Crippen molar-refractivity contribution in [2.75, 3.05) is 14.2 Å². The fourth-order valence-corrected chi connectivity index (χ4v) is 6.18. The van der Waals surface area contributed by atoms with E-state index in [1.54, 1.807) is 0 Å². The summed E-state index contributed by atoms with van der Waals surface area (Å²) in [5, 5.41) is 11.6. The second kappa shape index (κ2) is 16.5. The Morgan fingerprint density at radius 2 is 1.33 bits per heavy atom. The van der Waals surface area contributed by atoms with Crippen molar-refractivity contribution < 1.29 is 28.7 Å². The molecule has 0 aliphatic heterocycles. The van der Waals surface area contributed by atoms with Crippen molar-refractivity contribution >= 4 is 17.7 Å². The van der Waals surface area contributed by atoms with Crippen LogP contribution in [0, 0.1) is 0 Å². The molecule has 1 unspecified atom stereocenters. The summed E-state index contributed by atoms with van der Waals surface area (Å²) in [5.41, 5.74) is 2.27. The molecule has 246 valence electrons. The van der Waals surface area contributed by atoms with Crippen molar-refractivity contribution in [2.45, 2.75) is 95.4 Å². The Kier molecular flexibility index (Phi) is 11.9. The highest BCUT2D eigenvalue weighted by Crippen LogP contribution is 2.24. The van der Waals surface area contributed by atoms with Crippen LogP contribution in [0.15, 0.2) is 66.7 Å².